The Morgan fingerprint density at radius 1 is 1.14 bits per heavy atom. The van der Waals surface area contributed by atoms with Crippen molar-refractivity contribution in [2.24, 2.45) is 0 Å². The Morgan fingerprint density at radius 3 is 1.57 bits per heavy atom. The maximum Gasteiger partial charge on any atom is 2.00 e. The molecular formula is C9H19BrMgO2Si. The normalized spacial score (nSPS) is 10.8. The first-order chi connectivity index (χ1) is 5.39. The maximum atomic E-state index is 5.59. The van der Waals surface area contributed by atoms with E-state index < -0.39 is 8.56 Å². The van der Waals surface area contributed by atoms with Crippen molar-refractivity contribution in [1.82, 2.24) is 0 Å². The Balaban J connectivity index is -0.000000605. The summed E-state index contributed by atoms with van der Waals surface area (Å²) in [5, 5.41) is 0. The third-order valence-corrected chi connectivity index (χ3v) is 3.54. The van der Waals surface area contributed by atoms with Crippen molar-refractivity contribution in [3.8, 4) is 0 Å². The first-order valence-electron chi connectivity index (χ1n) is 4.24. The summed E-state index contributed by atoms with van der Waals surface area (Å²) in [5.41, 5.74) is 1.72. The molecule has 0 atom stereocenters. The fourth-order valence-electron chi connectivity index (χ4n) is 0.922. The van der Waals surface area contributed by atoms with E-state index in [2.05, 4.69) is 13.1 Å². The molecule has 0 fully saturated rings. The fraction of sp³-hybridized carbons (Fsp3) is 0.667. The molecular weight excluding hydrogens is 272 g/mol. The van der Waals surface area contributed by atoms with Gasteiger partial charge in [0.25, 0.3) is 0 Å². The van der Waals surface area contributed by atoms with Gasteiger partial charge in [-0.1, -0.05) is 5.70 Å². The van der Waals surface area contributed by atoms with E-state index in [-0.39, 0.29) is 52.2 Å². The zero-order valence-electron chi connectivity index (χ0n) is 9.55. The monoisotopic (exact) mass is 290 g/mol. The smallest absolute Gasteiger partial charge is 1.00 e. The van der Waals surface area contributed by atoms with Gasteiger partial charge >= 0.3 is 23.1 Å². The molecule has 80 valence electrons. The van der Waals surface area contributed by atoms with Crippen LogP contribution in [0, 0.1) is 6.55 Å². The maximum absolute atomic E-state index is 5.59. The average Bonchev–Trinajstić information content (AvgIpc) is 1.83. The summed E-state index contributed by atoms with van der Waals surface area (Å²) < 4.78 is 11.2. The first kappa shape index (κ1) is 20.5. The molecule has 0 bridgehead atoms. The van der Waals surface area contributed by atoms with Gasteiger partial charge in [-0.25, -0.2) is 0 Å². The predicted molar refractivity (Wildman–Crippen MR) is 59.5 cm³/mol. The molecule has 0 spiro atoms. The summed E-state index contributed by atoms with van der Waals surface area (Å²) in [6, 6.07) is 0. The average molecular weight is 292 g/mol. The minimum Gasteiger partial charge on any atom is -1.00 e. The Labute approximate surface area is 116 Å². The molecule has 5 heteroatoms. The van der Waals surface area contributed by atoms with Crippen molar-refractivity contribution < 1.29 is 25.8 Å². The van der Waals surface area contributed by atoms with E-state index in [1.807, 2.05) is 27.7 Å². The van der Waals surface area contributed by atoms with E-state index in [9.17, 15) is 0 Å². The van der Waals surface area contributed by atoms with Crippen molar-refractivity contribution in [2.45, 2.75) is 39.9 Å². The predicted octanol–water partition coefficient (Wildman–Crippen LogP) is -1.000. The van der Waals surface area contributed by atoms with Crippen LogP contribution in [0.5, 0.6) is 0 Å². The van der Waals surface area contributed by atoms with E-state index in [1.54, 1.807) is 5.70 Å². The minimum absolute atomic E-state index is 0. The molecule has 0 aliphatic carbocycles. The van der Waals surface area contributed by atoms with Crippen molar-refractivity contribution in [3.05, 3.63) is 18.8 Å². The van der Waals surface area contributed by atoms with Gasteiger partial charge in [-0.05, 0) is 27.7 Å². The second kappa shape index (κ2) is 9.36. The Bertz CT molecular complexity index is 144. The van der Waals surface area contributed by atoms with Gasteiger partial charge in [0.2, 0.25) is 8.56 Å². The molecule has 14 heavy (non-hydrogen) atoms. The molecule has 0 radical (unpaired) electrons. The molecule has 0 saturated heterocycles. The van der Waals surface area contributed by atoms with Crippen LogP contribution in [-0.4, -0.2) is 43.8 Å². The number of hydrogen-bond acceptors (Lipinski definition) is 2. The SMILES string of the molecule is C=C[Si]([CH2-])(OC(C)C)OC(C)C.[Br-].[Mg+2]. The second-order valence-corrected chi connectivity index (χ2v) is 5.85. The number of hydrogen-bond donors (Lipinski definition) is 0. The van der Waals surface area contributed by atoms with E-state index in [0.29, 0.717) is 0 Å². The second-order valence-electron chi connectivity index (χ2n) is 3.35. The van der Waals surface area contributed by atoms with Gasteiger partial charge in [0.15, 0.2) is 0 Å². The van der Waals surface area contributed by atoms with Gasteiger partial charge in [-0.2, -0.15) is 0 Å². The molecule has 0 aromatic heterocycles. The van der Waals surface area contributed by atoms with Crippen LogP contribution in [0.4, 0.5) is 0 Å². The van der Waals surface area contributed by atoms with Crippen molar-refractivity contribution in [2.75, 3.05) is 0 Å². The Hall–Kier alpha value is 1.12. The van der Waals surface area contributed by atoms with Gasteiger partial charge in [-0.15, -0.1) is 6.58 Å². The third kappa shape index (κ3) is 9.67. The molecule has 0 aromatic carbocycles. The van der Waals surface area contributed by atoms with Crippen LogP contribution in [0.3, 0.4) is 0 Å². The topological polar surface area (TPSA) is 18.5 Å². The van der Waals surface area contributed by atoms with Crippen molar-refractivity contribution >= 4 is 31.6 Å². The summed E-state index contributed by atoms with van der Waals surface area (Å²) >= 11 is 0. The zero-order valence-corrected chi connectivity index (χ0v) is 13.5. The summed E-state index contributed by atoms with van der Waals surface area (Å²) in [6.07, 6.45) is 0.289. The summed E-state index contributed by atoms with van der Waals surface area (Å²) in [4.78, 5) is 0. The first-order valence-corrected chi connectivity index (χ1v) is 6.34. The quantitative estimate of drug-likeness (QED) is 0.478. The summed E-state index contributed by atoms with van der Waals surface area (Å²) in [6.45, 7) is 15.5. The minimum atomic E-state index is -2.34. The van der Waals surface area contributed by atoms with Crippen LogP contribution in [-0.2, 0) is 8.85 Å². The Kier molecular flexibility index (Phi) is 13.7. The third-order valence-electron chi connectivity index (χ3n) is 1.18. The van der Waals surface area contributed by atoms with Crippen LogP contribution in [0.15, 0.2) is 12.3 Å². The van der Waals surface area contributed by atoms with Crippen LogP contribution < -0.4 is 17.0 Å². The fourth-order valence-corrected chi connectivity index (χ4v) is 2.77. The van der Waals surface area contributed by atoms with E-state index >= 15 is 0 Å². The molecule has 0 unspecified atom stereocenters. The van der Waals surface area contributed by atoms with Crippen LogP contribution >= 0.6 is 0 Å². The summed E-state index contributed by atoms with van der Waals surface area (Å²) in [5.74, 6) is 0. The van der Waals surface area contributed by atoms with Crippen molar-refractivity contribution in [1.29, 1.82) is 0 Å². The molecule has 0 rings (SSSR count). The van der Waals surface area contributed by atoms with E-state index in [4.69, 9.17) is 8.85 Å². The number of halogens is 1. The van der Waals surface area contributed by atoms with Crippen LogP contribution in [0.1, 0.15) is 27.7 Å². The largest absolute Gasteiger partial charge is 2.00 e. The Morgan fingerprint density at radius 2 is 1.43 bits per heavy atom. The van der Waals surface area contributed by atoms with Gasteiger partial charge in [0.05, 0.1) is 0 Å². The van der Waals surface area contributed by atoms with Gasteiger partial charge < -0.3 is 25.8 Å². The van der Waals surface area contributed by atoms with E-state index in [1.165, 1.54) is 0 Å². The molecule has 0 aromatic rings. The van der Waals surface area contributed by atoms with Crippen LogP contribution in [0.25, 0.3) is 0 Å². The summed E-state index contributed by atoms with van der Waals surface area (Å²) in [7, 11) is -2.34. The zero-order chi connectivity index (χ0) is 9.78. The van der Waals surface area contributed by atoms with Gasteiger partial charge in [0, 0.05) is 12.2 Å². The molecule has 0 aliphatic heterocycles. The van der Waals surface area contributed by atoms with E-state index in [0.717, 1.165) is 0 Å². The number of rotatable bonds is 5. The van der Waals surface area contributed by atoms with Crippen LogP contribution in [0.2, 0.25) is 0 Å². The van der Waals surface area contributed by atoms with Crippen molar-refractivity contribution in [3.63, 3.8) is 0 Å². The molecule has 0 saturated carbocycles. The molecule has 2 nitrogen and oxygen atoms in total. The molecule has 0 N–H and O–H groups in total. The standard InChI is InChI=1S/C9H19O2Si.BrH.Mg/c1-7-12(6,10-8(2)3)11-9(4)5;;/h7-9H,1,6H2,2-5H3;1H;/q-1;;+2/p-1. The molecule has 0 amide bonds. The molecule has 0 heterocycles. The molecule has 0 aliphatic rings. The van der Waals surface area contributed by atoms with Gasteiger partial charge in [-0.3, -0.25) is 6.55 Å². The van der Waals surface area contributed by atoms with Gasteiger partial charge in [0.1, 0.15) is 0 Å².